The van der Waals surface area contributed by atoms with E-state index in [0.29, 0.717) is 18.0 Å². The highest BCUT2D eigenvalue weighted by Gasteiger charge is 2.34. The van der Waals surface area contributed by atoms with E-state index in [-0.39, 0.29) is 0 Å². The summed E-state index contributed by atoms with van der Waals surface area (Å²) in [5, 5.41) is 7.38. The van der Waals surface area contributed by atoms with E-state index < -0.39 is 0 Å². The van der Waals surface area contributed by atoms with Gasteiger partial charge in [0.2, 0.25) is 0 Å². The molecule has 0 aromatic carbocycles. The van der Waals surface area contributed by atoms with Crippen LogP contribution in [0.1, 0.15) is 30.5 Å². The third-order valence-electron chi connectivity index (χ3n) is 5.23. The Morgan fingerprint density at radius 3 is 3.17 bits per heavy atom. The summed E-state index contributed by atoms with van der Waals surface area (Å²) in [4.78, 5) is 4.71. The van der Waals surface area contributed by atoms with E-state index in [1.165, 1.54) is 24.8 Å². The summed E-state index contributed by atoms with van der Waals surface area (Å²) in [6.07, 6.45) is 8.14. The molecule has 3 atom stereocenters. The Bertz CT molecular complexity index is 662. The first-order chi connectivity index (χ1) is 11.3. The first-order valence-corrected chi connectivity index (χ1v) is 8.78. The second-order valence-electron chi connectivity index (χ2n) is 6.92. The maximum absolute atomic E-state index is 5.65. The number of fused-ring (bicyclic) bond motifs is 1. The molecule has 124 valence electrons. The zero-order valence-electron chi connectivity index (χ0n) is 13.8. The van der Waals surface area contributed by atoms with Crippen molar-refractivity contribution in [1.82, 2.24) is 20.0 Å². The smallest absolute Gasteiger partial charge is 0.137 e. The van der Waals surface area contributed by atoms with Gasteiger partial charge >= 0.3 is 0 Å². The fourth-order valence-electron chi connectivity index (χ4n) is 4.06. The summed E-state index contributed by atoms with van der Waals surface area (Å²) in [5.41, 5.74) is 3.40. The van der Waals surface area contributed by atoms with Gasteiger partial charge in [-0.2, -0.15) is 0 Å². The largest absolute Gasteiger partial charge is 0.379 e. The van der Waals surface area contributed by atoms with Crippen LogP contribution in [0.5, 0.6) is 0 Å². The topological polar surface area (TPSA) is 50.6 Å². The lowest BCUT2D eigenvalue weighted by molar-refractivity contribution is 0.0524. The number of aromatic nitrogens is 2. The lowest BCUT2D eigenvalue weighted by Crippen LogP contribution is -2.50. The number of imidazole rings is 1. The number of nitrogens with zero attached hydrogens (tertiary/aromatic N) is 2. The van der Waals surface area contributed by atoms with Crippen LogP contribution in [0, 0.1) is 12.8 Å². The first kappa shape index (κ1) is 15.1. The fraction of sp³-hybridized carbons (Fsp3) is 0.611. The van der Waals surface area contributed by atoms with Crippen molar-refractivity contribution < 1.29 is 4.74 Å². The highest BCUT2D eigenvalue weighted by atomic mass is 16.5. The number of aryl methyl sites for hydroxylation is 1. The highest BCUT2D eigenvalue weighted by Crippen LogP contribution is 2.29. The molecule has 2 aliphatic rings. The first-order valence-electron chi connectivity index (χ1n) is 8.78. The molecule has 1 aliphatic carbocycles. The summed E-state index contributed by atoms with van der Waals surface area (Å²) in [6, 6.07) is 5.27. The molecule has 1 saturated heterocycles. The van der Waals surface area contributed by atoms with E-state index in [2.05, 4.69) is 46.5 Å². The summed E-state index contributed by atoms with van der Waals surface area (Å²) in [7, 11) is 0. The molecule has 0 spiro atoms. The molecule has 2 aromatic rings. The third kappa shape index (κ3) is 3.27. The number of nitrogens with one attached hydrogen (secondary N) is 2. The average Bonchev–Trinajstić information content (AvgIpc) is 3.19. The van der Waals surface area contributed by atoms with Crippen molar-refractivity contribution in [3.63, 3.8) is 0 Å². The molecule has 2 N–H and O–H groups in total. The molecule has 23 heavy (non-hydrogen) atoms. The van der Waals surface area contributed by atoms with Crippen LogP contribution in [0.2, 0.25) is 0 Å². The molecular formula is C18H26N4O. The van der Waals surface area contributed by atoms with Crippen LogP contribution in [-0.2, 0) is 11.3 Å². The fourth-order valence-corrected chi connectivity index (χ4v) is 4.06. The average molecular weight is 314 g/mol. The van der Waals surface area contributed by atoms with Crippen molar-refractivity contribution in [2.45, 2.75) is 44.8 Å². The van der Waals surface area contributed by atoms with Gasteiger partial charge in [-0.15, -0.1) is 0 Å². The molecule has 3 heterocycles. The molecule has 3 unspecified atom stereocenters. The molecular weight excluding hydrogens is 288 g/mol. The monoisotopic (exact) mass is 314 g/mol. The molecule has 2 aromatic heterocycles. The van der Waals surface area contributed by atoms with Gasteiger partial charge in [0.25, 0.3) is 0 Å². The van der Waals surface area contributed by atoms with E-state index in [4.69, 9.17) is 9.72 Å². The molecule has 4 rings (SSSR count). The van der Waals surface area contributed by atoms with Crippen LogP contribution in [0.25, 0.3) is 5.65 Å². The van der Waals surface area contributed by atoms with Crippen molar-refractivity contribution in [1.29, 1.82) is 0 Å². The van der Waals surface area contributed by atoms with E-state index in [9.17, 15) is 0 Å². The number of hydrogen-bond acceptors (Lipinski definition) is 4. The van der Waals surface area contributed by atoms with Crippen LogP contribution in [-0.4, -0.2) is 41.2 Å². The van der Waals surface area contributed by atoms with Crippen LogP contribution in [0.4, 0.5) is 0 Å². The number of rotatable bonds is 4. The lowest BCUT2D eigenvalue weighted by Gasteiger charge is -2.32. The van der Waals surface area contributed by atoms with Crippen LogP contribution >= 0.6 is 0 Å². The molecule has 0 amide bonds. The Morgan fingerprint density at radius 2 is 2.30 bits per heavy atom. The molecule has 5 heteroatoms. The Morgan fingerprint density at radius 1 is 1.35 bits per heavy atom. The number of morpholine rings is 1. The van der Waals surface area contributed by atoms with E-state index in [1.807, 2.05) is 0 Å². The zero-order valence-corrected chi connectivity index (χ0v) is 13.8. The van der Waals surface area contributed by atoms with Crippen LogP contribution in [0.3, 0.4) is 0 Å². The summed E-state index contributed by atoms with van der Waals surface area (Å²) in [5.74, 6) is 0.676. The quantitative estimate of drug-likeness (QED) is 0.905. The minimum Gasteiger partial charge on any atom is -0.379 e. The van der Waals surface area contributed by atoms with Gasteiger partial charge in [-0.25, -0.2) is 4.98 Å². The van der Waals surface area contributed by atoms with Crippen molar-refractivity contribution in [3.8, 4) is 0 Å². The molecule has 5 nitrogen and oxygen atoms in total. The van der Waals surface area contributed by atoms with Gasteiger partial charge in [-0.1, -0.05) is 12.5 Å². The lowest BCUT2D eigenvalue weighted by atomic mass is 9.94. The van der Waals surface area contributed by atoms with Gasteiger partial charge in [0.15, 0.2) is 0 Å². The SMILES string of the molecule is Cc1ccc2nc(CNC3CCCC3C3COCCN3)cn2c1. The predicted molar refractivity (Wildman–Crippen MR) is 90.5 cm³/mol. The Labute approximate surface area is 137 Å². The molecule has 2 fully saturated rings. The number of pyridine rings is 1. The van der Waals surface area contributed by atoms with Gasteiger partial charge in [-0.05, 0) is 37.3 Å². The van der Waals surface area contributed by atoms with E-state index in [0.717, 1.165) is 37.6 Å². The van der Waals surface area contributed by atoms with E-state index in [1.54, 1.807) is 0 Å². The zero-order chi connectivity index (χ0) is 15.6. The predicted octanol–water partition coefficient (Wildman–Crippen LogP) is 1.89. The van der Waals surface area contributed by atoms with Crippen molar-refractivity contribution >= 4 is 5.65 Å². The minimum absolute atomic E-state index is 0.507. The summed E-state index contributed by atoms with van der Waals surface area (Å²) < 4.78 is 7.77. The molecule has 1 saturated carbocycles. The minimum atomic E-state index is 0.507. The maximum atomic E-state index is 5.65. The normalized spacial score (nSPS) is 28.5. The van der Waals surface area contributed by atoms with Gasteiger partial charge < -0.3 is 19.8 Å². The van der Waals surface area contributed by atoms with Gasteiger partial charge in [0.05, 0.1) is 18.9 Å². The Kier molecular flexibility index (Phi) is 4.33. The van der Waals surface area contributed by atoms with E-state index >= 15 is 0 Å². The van der Waals surface area contributed by atoms with Crippen molar-refractivity contribution in [2.24, 2.45) is 5.92 Å². The Balaban J connectivity index is 1.40. The standard InChI is InChI=1S/C18H26N4O/c1-13-5-6-18-21-14(11-22(18)10-13)9-20-16-4-2-3-15(16)17-12-23-8-7-19-17/h5-6,10-11,15-17,19-20H,2-4,7-9,12H2,1H3. The molecule has 1 aliphatic heterocycles. The maximum Gasteiger partial charge on any atom is 0.137 e. The van der Waals surface area contributed by atoms with Crippen molar-refractivity contribution in [3.05, 3.63) is 35.8 Å². The van der Waals surface area contributed by atoms with Crippen LogP contribution < -0.4 is 10.6 Å². The third-order valence-corrected chi connectivity index (χ3v) is 5.23. The summed E-state index contributed by atoms with van der Waals surface area (Å²) >= 11 is 0. The molecule has 0 radical (unpaired) electrons. The van der Waals surface area contributed by atoms with Crippen LogP contribution in [0.15, 0.2) is 24.5 Å². The summed E-state index contributed by atoms with van der Waals surface area (Å²) in [6.45, 7) is 5.65. The Hall–Kier alpha value is -1.43. The molecule has 0 bridgehead atoms. The van der Waals surface area contributed by atoms with Crippen molar-refractivity contribution in [2.75, 3.05) is 19.8 Å². The van der Waals surface area contributed by atoms with Gasteiger partial charge in [0.1, 0.15) is 5.65 Å². The second kappa shape index (κ2) is 6.59. The second-order valence-corrected chi connectivity index (χ2v) is 6.92. The van der Waals surface area contributed by atoms with Gasteiger partial charge in [0, 0.05) is 37.6 Å². The number of hydrogen-bond donors (Lipinski definition) is 2. The number of ether oxygens (including phenoxy) is 1. The van der Waals surface area contributed by atoms with Gasteiger partial charge in [-0.3, -0.25) is 0 Å². The highest BCUT2D eigenvalue weighted by molar-refractivity contribution is 5.41.